The van der Waals surface area contributed by atoms with Crippen molar-refractivity contribution < 1.29 is 13.2 Å². The van der Waals surface area contributed by atoms with E-state index in [1.165, 1.54) is 6.07 Å². The highest BCUT2D eigenvalue weighted by Gasteiger charge is 2.30. The summed E-state index contributed by atoms with van der Waals surface area (Å²) in [6.45, 7) is 1.75. The van der Waals surface area contributed by atoms with Crippen LogP contribution in [0.2, 0.25) is 0 Å². The zero-order valence-electron chi connectivity index (χ0n) is 9.29. The largest absolute Gasteiger partial charge is 0.416 e. The third-order valence-electron chi connectivity index (χ3n) is 2.27. The van der Waals surface area contributed by atoms with Crippen LogP contribution in [-0.4, -0.2) is 9.97 Å². The summed E-state index contributed by atoms with van der Waals surface area (Å²) < 4.78 is 38.3. The molecule has 94 valence electrons. The lowest BCUT2D eigenvalue weighted by Gasteiger charge is -2.08. The van der Waals surface area contributed by atoms with Crippen molar-refractivity contribution in [2.24, 2.45) is 0 Å². The molecule has 0 bridgehead atoms. The zero-order chi connectivity index (χ0) is 13.3. The number of alkyl halides is 3. The maximum Gasteiger partial charge on any atom is 0.416 e. The summed E-state index contributed by atoms with van der Waals surface area (Å²) >= 11 is 3.19. The van der Waals surface area contributed by atoms with Gasteiger partial charge in [0.05, 0.1) is 5.56 Å². The molecule has 2 rings (SSSR count). The van der Waals surface area contributed by atoms with Crippen LogP contribution in [0.5, 0.6) is 0 Å². The SMILES string of the molecule is Cc1cc(Br)nc(-c2cccc(C(F)(F)F)c2)n1. The number of aromatic nitrogens is 2. The monoisotopic (exact) mass is 316 g/mol. The summed E-state index contributed by atoms with van der Waals surface area (Å²) in [6, 6.07) is 6.65. The summed E-state index contributed by atoms with van der Waals surface area (Å²) in [5.74, 6) is 0.271. The second kappa shape index (κ2) is 4.68. The molecule has 6 heteroatoms. The Morgan fingerprint density at radius 1 is 1.11 bits per heavy atom. The second-order valence-electron chi connectivity index (χ2n) is 3.73. The predicted molar refractivity (Wildman–Crippen MR) is 64.9 cm³/mol. The molecule has 0 saturated carbocycles. The molecule has 1 aromatic heterocycles. The van der Waals surface area contributed by atoms with Gasteiger partial charge in [-0.25, -0.2) is 9.97 Å². The Bertz CT molecular complexity index is 562. The third kappa shape index (κ3) is 2.87. The van der Waals surface area contributed by atoms with Crippen molar-refractivity contribution >= 4 is 15.9 Å². The highest BCUT2D eigenvalue weighted by molar-refractivity contribution is 9.10. The fraction of sp³-hybridized carbons (Fsp3) is 0.167. The van der Waals surface area contributed by atoms with Crippen molar-refractivity contribution in [1.29, 1.82) is 0 Å². The average Bonchev–Trinajstić information content (AvgIpc) is 2.27. The molecule has 0 unspecified atom stereocenters. The van der Waals surface area contributed by atoms with Gasteiger partial charge in [-0.3, -0.25) is 0 Å². The standard InChI is InChI=1S/C12H8BrF3N2/c1-7-5-10(13)18-11(17-7)8-3-2-4-9(6-8)12(14,15)16/h2-6H,1H3. The average molecular weight is 317 g/mol. The summed E-state index contributed by atoms with van der Waals surface area (Å²) in [4.78, 5) is 8.18. The fourth-order valence-corrected chi connectivity index (χ4v) is 1.99. The van der Waals surface area contributed by atoms with Crippen molar-refractivity contribution in [1.82, 2.24) is 9.97 Å². The van der Waals surface area contributed by atoms with Crippen LogP contribution >= 0.6 is 15.9 Å². The molecule has 0 aliphatic carbocycles. The highest BCUT2D eigenvalue weighted by Crippen LogP contribution is 2.31. The maximum absolute atomic E-state index is 12.6. The topological polar surface area (TPSA) is 25.8 Å². The van der Waals surface area contributed by atoms with E-state index in [9.17, 15) is 13.2 Å². The quantitative estimate of drug-likeness (QED) is 0.736. The van der Waals surface area contributed by atoms with Crippen LogP contribution in [0.25, 0.3) is 11.4 Å². The van der Waals surface area contributed by atoms with Gasteiger partial charge in [-0.2, -0.15) is 13.2 Å². The first-order valence-electron chi connectivity index (χ1n) is 5.05. The highest BCUT2D eigenvalue weighted by atomic mass is 79.9. The minimum absolute atomic E-state index is 0.271. The molecule has 2 aromatic rings. The van der Waals surface area contributed by atoms with Gasteiger partial charge in [-0.1, -0.05) is 12.1 Å². The number of hydrogen-bond donors (Lipinski definition) is 0. The Kier molecular flexibility index (Phi) is 3.38. The van der Waals surface area contributed by atoms with Crippen LogP contribution in [0.4, 0.5) is 13.2 Å². The van der Waals surface area contributed by atoms with Gasteiger partial charge in [-0.15, -0.1) is 0 Å². The van der Waals surface area contributed by atoms with Crippen LogP contribution in [0.1, 0.15) is 11.3 Å². The van der Waals surface area contributed by atoms with E-state index in [1.807, 2.05) is 0 Å². The molecular weight excluding hydrogens is 309 g/mol. The van der Waals surface area contributed by atoms with E-state index in [2.05, 4.69) is 25.9 Å². The molecule has 0 fully saturated rings. The molecule has 0 aliphatic rings. The van der Waals surface area contributed by atoms with Crippen LogP contribution in [-0.2, 0) is 6.18 Å². The number of aryl methyl sites for hydroxylation is 1. The molecule has 1 heterocycles. The Hall–Kier alpha value is -1.43. The fourth-order valence-electron chi connectivity index (χ4n) is 1.49. The van der Waals surface area contributed by atoms with Crippen molar-refractivity contribution in [2.75, 3.05) is 0 Å². The molecule has 0 N–H and O–H groups in total. The van der Waals surface area contributed by atoms with E-state index in [1.54, 1.807) is 19.1 Å². The van der Waals surface area contributed by atoms with E-state index >= 15 is 0 Å². The maximum atomic E-state index is 12.6. The van der Waals surface area contributed by atoms with Crippen LogP contribution in [0.15, 0.2) is 34.9 Å². The Labute approximate surface area is 110 Å². The van der Waals surface area contributed by atoms with Crippen LogP contribution < -0.4 is 0 Å². The van der Waals surface area contributed by atoms with Gasteiger partial charge in [0.15, 0.2) is 5.82 Å². The second-order valence-corrected chi connectivity index (χ2v) is 4.55. The molecule has 0 atom stereocenters. The summed E-state index contributed by atoms with van der Waals surface area (Å²) in [5, 5.41) is 0. The first-order valence-corrected chi connectivity index (χ1v) is 5.84. The first kappa shape index (κ1) is 13.0. The predicted octanol–water partition coefficient (Wildman–Crippen LogP) is 4.23. The zero-order valence-corrected chi connectivity index (χ0v) is 10.9. The lowest BCUT2D eigenvalue weighted by molar-refractivity contribution is -0.137. The summed E-state index contributed by atoms with van der Waals surface area (Å²) in [7, 11) is 0. The number of nitrogens with zero attached hydrogens (tertiary/aromatic N) is 2. The first-order chi connectivity index (χ1) is 8.36. The van der Waals surface area contributed by atoms with E-state index < -0.39 is 11.7 Å². The van der Waals surface area contributed by atoms with Gasteiger partial charge in [0.1, 0.15) is 4.60 Å². The van der Waals surface area contributed by atoms with E-state index in [-0.39, 0.29) is 5.82 Å². The number of benzene rings is 1. The number of halogens is 4. The van der Waals surface area contributed by atoms with Gasteiger partial charge < -0.3 is 0 Å². The van der Waals surface area contributed by atoms with Crippen molar-refractivity contribution in [3.05, 3.63) is 46.2 Å². The molecule has 2 nitrogen and oxygen atoms in total. The smallest absolute Gasteiger partial charge is 0.233 e. The molecule has 0 saturated heterocycles. The Morgan fingerprint density at radius 2 is 1.83 bits per heavy atom. The Balaban J connectivity index is 2.51. The normalized spacial score (nSPS) is 11.6. The number of hydrogen-bond acceptors (Lipinski definition) is 2. The van der Waals surface area contributed by atoms with Crippen LogP contribution in [0, 0.1) is 6.92 Å². The Morgan fingerprint density at radius 3 is 2.44 bits per heavy atom. The summed E-state index contributed by atoms with van der Waals surface area (Å²) in [5.41, 5.74) is 0.319. The van der Waals surface area contributed by atoms with Gasteiger partial charge in [0, 0.05) is 11.3 Å². The van der Waals surface area contributed by atoms with E-state index in [0.717, 1.165) is 12.1 Å². The van der Waals surface area contributed by atoms with Gasteiger partial charge in [0.2, 0.25) is 0 Å². The van der Waals surface area contributed by atoms with Crippen molar-refractivity contribution in [3.8, 4) is 11.4 Å². The summed E-state index contributed by atoms with van der Waals surface area (Å²) in [6.07, 6.45) is -4.36. The van der Waals surface area contributed by atoms with E-state index in [0.29, 0.717) is 15.9 Å². The third-order valence-corrected chi connectivity index (χ3v) is 2.68. The van der Waals surface area contributed by atoms with Crippen LogP contribution in [0.3, 0.4) is 0 Å². The van der Waals surface area contributed by atoms with Crippen molar-refractivity contribution in [3.63, 3.8) is 0 Å². The molecule has 0 spiro atoms. The minimum Gasteiger partial charge on any atom is -0.233 e. The van der Waals surface area contributed by atoms with Crippen molar-refractivity contribution in [2.45, 2.75) is 13.1 Å². The molecule has 1 aromatic carbocycles. The molecule has 18 heavy (non-hydrogen) atoms. The van der Waals surface area contributed by atoms with E-state index in [4.69, 9.17) is 0 Å². The van der Waals surface area contributed by atoms with Gasteiger partial charge >= 0.3 is 6.18 Å². The van der Waals surface area contributed by atoms with Gasteiger partial charge in [0.25, 0.3) is 0 Å². The molecular formula is C12H8BrF3N2. The molecule has 0 amide bonds. The van der Waals surface area contributed by atoms with Gasteiger partial charge in [-0.05, 0) is 41.1 Å². The lowest BCUT2D eigenvalue weighted by atomic mass is 10.1. The molecule has 0 radical (unpaired) electrons. The number of rotatable bonds is 1. The lowest BCUT2D eigenvalue weighted by Crippen LogP contribution is -2.05. The molecule has 0 aliphatic heterocycles. The minimum atomic E-state index is -4.36.